The van der Waals surface area contributed by atoms with Gasteiger partial charge in [0.1, 0.15) is 6.04 Å². The zero-order chi connectivity index (χ0) is 16.9. The van der Waals surface area contributed by atoms with Crippen LogP contribution in [0.3, 0.4) is 0 Å². The van der Waals surface area contributed by atoms with E-state index >= 15 is 0 Å². The monoisotopic (exact) mass is 327 g/mol. The van der Waals surface area contributed by atoms with Crippen molar-refractivity contribution >= 4 is 17.8 Å². The Labute approximate surface area is 138 Å². The summed E-state index contributed by atoms with van der Waals surface area (Å²) >= 11 is 0. The summed E-state index contributed by atoms with van der Waals surface area (Å²) in [6.07, 6.45) is 3.93. The molecule has 24 heavy (non-hydrogen) atoms. The van der Waals surface area contributed by atoms with E-state index in [2.05, 4.69) is 21.0 Å². The van der Waals surface area contributed by atoms with Crippen LogP contribution in [-0.4, -0.2) is 33.7 Å². The van der Waals surface area contributed by atoms with E-state index in [1.54, 1.807) is 10.9 Å². The second-order valence-corrected chi connectivity index (χ2v) is 5.45. The van der Waals surface area contributed by atoms with Gasteiger partial charge in [0.25, 0.3) is 0 Å². The lowest BCUT2D eigenvalue weighted by Gasteiger charge is -2.15. The van der Waals surface area contributed by atoms with E-state index in [1.807, 2.05) is 36.5 Å². The number of benzene rings is 1. The standard InChI is InChI=1S/C16H17N5O3/c22-14-6-5-13(19-16(24)20-14)15(23)17-10-11-3-1-4-12(9-11)21-8-2-7-18-21/h1-4,7-9,13H,5-6,10H2,(H,17,23)(H2,19,20,22,24)/t13-/m1/s1. The molecule has 1 atom stereocenters. The van der Waals surface area contributed by atoms with Crippen molar-refractivity contribution in [1.82, 2.24) is 25.7 Å². The van der Waals surface area contributed by atoms with Crippen LogP contribution in [0.25, 0.3) is 5.69 Å². The first-order valence-electron chi connectivity index (χ1n) is 7.59. The van der Waals surface area contributed by atoms with Crippen molar-refractivity contribution in [3.63, 3.8) is 0 Å². The molecule has 1 aromatic heterocycles. The number of hydrogen-bond donors (Lipinski definition) is 3. The number of hydrogen-bond acceptors (Lipinski definition) is 4. The third-order valence-electron chi connectivity index (χ3n) is 3.68. The van der Waals surface area contributed by atoms with Crippen molar-refractivity contribution in [2.24, 2.45) is 0 Å². The van der Waals surface area contributed by atoms with Gasteiger partial charge < -0.3 is 10.6 Å². The van der Waals surface area contributed by atoms with Gasteiger partial charge in [-0.25, -0.2) is 9.48 Å². The van der Waals surface area contributed by atoms with Crippen LogP contribution in [0.1, 0.15) is 18.4 Å². The Morgan fingerprint density at radius 3 is 3.00 bits per heavy atom. The van der Waals surface area contributed by atoms with Gasteiger partial charge in [-0.15, -0.1) is 0 Å². The van der Waals surface area contributed by atoms with Crippen molar-refractivity contribution in [2.45, 2.75) is 25.4 Å². The number of rotatable bonds is 4. The van der Waals surface area contributed by atoms with E-state index < -0.39 is 12.1 Å². The summed E-state index contributed by atoms with van der Waals surface area (Å²) in [4.78, 5) is 34.9. The Morgan fingerprint density at radius 1 is 1.33 bits per heavy atom. The van der Waals surface area contributed by atoms with Gasteiger partial charge in [-0.1, -0.05) is 12.1 Å². The summed E-state index contributed by atoms with van der Waals surface area (Å²) in [6.45, 7) is 0.321. The highest BCUT2D eigenvalue weighted by Crippen LogP contribution is 2.10. The topological polar surface area (TPSA) is 105 Å². The Balaban J connectivity index is 1.61. The molecule has 1 saturated heterocycles. The fourth-order valence-electron chi connectivity index (χ4n) is 2.47. The Bertz CT molecular complexity index is 757. The van der Waals surface area contributed by atoms with Crippen LogP contribution >= 0.6 is 0 Å². The van der Waals surface area contributed by atoms with Gasteiger partial charge in [0.2, 0.25) is 11.8 Å². The molecule has 2 heterocycles. The predicted octanol–water partition coefficient (Wildman–Crippen LogP) is 0.477. The molecule has 124 valence electrons. The maximum atomic E-state index is 12.2. The lowest BCUT2D eigenvalue weighted by molar-refractivity contribution is -0.123. The van der Waals surface area contributed by atoms with Crippen molar-refractivity contribution < 1.29 is 14.4 Å². The Morgan fingerprint density at radius 2 is 2.21 bits per heavy atom. The maximum Gasteiger partial charge on any atom is 0.322 e. The highest BCUT2D eigenvalue weighted by Gasteiger charge is 2.25. The van der Waals surface area contributed by atoms with Gasteiger partial charge in [-0.2, -0.15) is 5.10 Å². The molecule has 4 amide bonds. The molecular weight excluding hydrogens is 310 g/mol. The highest BCUT2D eigenvalue weighted by molar-refractivity contribution is 5.98. The summed E-state index contributed by atoms with van der Waals surface area (Å²) in [5.74, 6) is -0.695. The summed E-state index contributed by atoms with van der Waals surface area (Å²) in [6, 6.07) is 8.09. The zero-order valence-electron chi connectivity index (χ0n) is 12.9. The molecule has 0 radical (unpaired) electrons. The van der Waals surface area contributed by atoms with E-state index in [9.17, 15) is 14.4 Å². The third-order valence-corrected chi connectivity index (χ3v) is 3.68. The molecule has 0 bridgehead atoms. The van der Waals surface area contributed by atoms with E-state index in [-0.39, 0.29) is 24.7 Å². The molecule has 3 rings (SSSR count). The molecule has 0 unspecified atom stereocenters. The van der Waals surface area contributed by atoms with Crippen LogP contribution in [0, 0.1) is 0 Å². The van der Waals surface area contributed by atoms with E-state index in [4.69, 9.17) is 0 Å². The minimum absolute atomic E-state index is 0.131. The first kappa shape index (κ1) is 15.7. The van der Waals surface area contributed by atoms with Crippen LogP contribution in [0.15, 0.2) is 42.7 Å². The van der Waals surface area contributed by atoms with Crippen molar-refractivity contribution in [1.29, 1.82) is 0 Å². The third kappa shape index (κ3) is 3.78. The highest BCUT2D eigenvalue weighted by atomic mass is 16.2. The summed E-state index contributed by atoms with van der Waals surface area (Å²) in [5.41, 5.74) is 1.80. The van der Waals surface area contributed by atoms with E-state index in [1.165, 1.54) is 0 Å². The average Bonchev–Trinajstić information content (AvgIpc) is 3.05. The van der Waals surface area contributed by atoms with E-state index in [0.29, 0.717) is 6.54 Å². The quantitative estimate of drug-likeness (QED) is 0.759. The number of amides is 4. The van der Waals surface area contributed by atoms with Crippen LogP contribution in [-0.2, 0) is 16.1 Å². The molecule has 8 nitrogen and oxygen atoms in total. The Kier molecular flexibility index (Phi) is 4.55. The van der Waals surface area contributed by atoms with Gasteiger partial charge in [-0.3, -0.25) is 14.9 Å². The van der Waals surface area contributed by atoms with E-state index in [0.717, 1.165) is 11.3 Å². The lowest BCUT2D eigenvalue weighted by Crippen LogP contribution is -2.48. The van der Waals surface area contributed by atoms with Gasteiger partial charge in [0.15, 0.2) is 0 Å². The van der Waals surface area contributed by atoms with Crippen molar-refractivity contribution in [3.8, 4) is 5.69 Å². The average molecular weight is 327 g/mol. The molecule has 2 aromatic rings. The minimum atomic E-state index is -0.717. The molecule has 8 heteroatoms. The smallest absolute Gasteiger partial charge is 0.322 e. The second kappa shape index (κ2) is 6.95. The van der Waals surface area contributed by atoms with Crippen LogP contribution in [0.5, 0.6) is 0 Å². The first-order valence-corrected chi connectivity index (χ1v) is 7.59. The number of nitrogens with one attached hydrogen (secondary N) is 3. The molecular formula is C16H17N5O3. The Hall–Kier alpha value is -3.16. The molecule has 1 aromatic carbocycles. The first-order chi connectivity index (χ1) is 11.6. The number of carbonyl (C=O) groups is 3. The summed E-state index contributed by atoms with van der Waals surface area (Å²) in [7, 11) is 0. The van der Waals surface area contributed by atoms with Crippen molar-refractivity contribution in [2.75, 3.05) is 0 Å². The number of urea groups is 1. The van der Waals surface area contributed by atoms with Gasteiger partial charge >= 0.3 is 6.03 Å². The summed E-state index contributed by atoms with van der Waals surface area (Å²) in [5, 5.41) is 11.6. The molecule has 0 aliphatic carbocycles. The normalized spacial score (nSPS) is 17.6. The fourth-order valence-corrected chi connectivity index (χ4v) is 2.47. The predicted molar refractivity (Wildman–Crippen MR) is 85.1 cm³/mol. The zero-order valence-corrected chi connectivity index (χ0v) is 12.9. The van der Waals surface area contributed by atoms with Crippen LogP contribution in [0.2, 0.25) is 0 Å². The molecule has 1 fully saturated rings. The molecule has 3 N–H and O–H groups in total. The van der Waals surface area contributed by atoms with Crippen LogP contribution in [0.4, 0.5) is 4.79 Å². The van der Waals surface area contributed by atoms with Crippen LogP contribution < -0.4 is 16.0 Å². The van der Waals surface area contributed by atoms with Gasteiger partial charge in [0.05, 0.1) is 5.69 Å². The molecule has 1 aliphatic heterocycles. The fraction of sp³-hybridized carbons (Fsp3) is 0.250. The molecule has 0 spiro atoms. The minimum Gasteiger partial charge on any atom is -0.350 e. The second-order valence-electron chi connectivity index (χ2n) is 5.45. The number of nitrogens with zero attached hydrogens (tertiary/aromatic N) is 2. The SMILES string of the molecule is O=C1CC[C@H](C(=O)NCc2cccc(-n3cccn3)c2)NC(=O)N1. The maximum absolute atomic E-state index is 12.2. The largest absolute Gasteiger partial charge is 0.350 e. The molecule has 0 saturated carbocycles. The number of imide groups is 1. The van der Waals surface area contributed by atoms with Gasteiger partial charge in [-0.05, 0) is 30.2 Å². The molecule has 1 aliphatic rings. The van der Waals surface area contributed by atoms with Crippen molar-refractivity contribution in [3.05, 3.63) is 48.3 Å². The number of carbonyl (C=O) groups excluding carboxylic acids is 3. The lowest BCUT2D eigenvalue weighted by atomic mass is 10.1. The summed E-state index contributed by atoms with van der Waals surface area (Å²) < 4.78 is 1.73. The van der Waals surface area contributed by atoms with Gasteiger partial charge in [0, 0.05) is 25.4 Å². The number of aromatic nitrogens is 2.